The highest BCUT2D eigenvalue weighted by Crippen LogP contribution is 2.30. The molecule has 1 aromatic rings. The van der Waals surface area contributed by atoms with Gasteiger partial charge in [0, 0.05) is 12.6 Å². The van der Waals surface area contributed by atoms with Gasteiger partial charge in [-0.25, -0.2) is 8.78 Å². The minimum absolute atomic E-state index is 0.0346. The van der Waals surface area contributed by atoms with Crippen LogP contribution >= 0.6 is 0 Å². The third-order valence-electron chi connectivity index (χ3n) is 3.17. The second-order valence-electron chi connectivity index (χ2n) is 5.27. The van der Waals surface area contributed by atoms with Crippen LogP contribution in [0.1, 0.15) is 26.7 Å². The molecule has 1 aliphatic rings. The topological polar surface area (TPSA) is 47.3 Å². The van der Waals surface area contributed by atoms with Crippen molar-refractivity contribution < 1.29 is 13.5 Å². The average Bonchev–Trinajstić information content (AvgIpc) is 2.28. The summed E-state index contributed by atoms with van der Waals surface area (Å²) in [5, 5.41) is 2.99. The minimum Gasteiger partial charge on any atom is -0.397 e. The normalized spacial score (nSPS) is 22.8. The molecule has 3 nitrogen and oxygen atoms in total. The predicted molar refractivity (Wildman–Crippen MR) is 67.4 cm³/mol. The van der Waals surface area contributed by atoms with Crippen molar-refractivity contribution in [1.82, 2.24) is 0 Å². The monoisotopic (exact) mass is 256 g/mol. The fourth-order valence-electron chi connectivity index (χ4n) is 2.27. The zero-order valence-corrected chi connectivity index (χ0v) is 10.6. The van der Waals surface area contributed by atoms with Gasteiger partial charge in [-0.15, -0.1) is 0 Å². The first kappa shape index (κ1) is 13.1. The Morgan fingerprint density at radius 3 is 2.78 bits per heavy atom. The van der Waals surface area contributed by atoms with Crippen molar-refractivity contribution in [3.05, 3.63) is 23.8 Å². The van der Waals surface area contributed by atoms with Gasteiger partial charge in [-0.3, -0.25) is 0 Å². The molecule has 1 unspecified atom stereocenters. The number of rotatable bonds is 2. The summed E-state index contributed by atoms with van der Waals surface area (Å²) in [5.41, 5.74) is 5.69. The van der Waals surface area contributed by atoms with Crippen molar-refractivity contribution in [3.63, 3.8) is 0 Å². The first-order valence-corrected chi connectivity index (χ1v) is 6.03. The van der Waals surface area contributed by atoms with Crippen molar-refractivity contribution in [2.75, 3.05) is 17.7 Å². The van der Waals surface area contributed by atoms with Crippen LogP contribution in [-0.2, 0) is 4.74 Å². The van der Waals surface area contributed by atoms with Crippen molar-refractivity contribution in [2.45, 2.75) is 38.3 Å². The maximum absolute atomic E-state index is 13.7. The molecule has 0 spiro atoms. The number of nitrogens with two attached hydrogens (primary N) is 1. The van der Waals surface area contributed by atoms with Gasteiger partial charge < -0.3 is 15.8 Å². The van der Waals surface area contributed by atoms with Crippen LogP contribution < -0.4 is 11.1 Å². The molecule has 5 heteroatoms. The van der Waals surface area contributed by atoms with E-state index in [9.17, 15) is 8.78 Å². The Morgan fingerprint density at radius 2 is 2.11 bits per heavy atom. The van der Waals surface area contributed by atoms with E-state index in [1.165, 1.54) is 6.07 Å². The summed E-state index contributed by atoms with van der Waals surface area (Å²) in [4.78, 5) is 0. The van der Waals surface area contributed by atoms with Crippen LogP contribution in [0.15, 0.2) is 12.1 Å². The van der Waals surface area contributed by atoms with E-state index in [1.54, 1.807) is 0 Å². The lowest BCUT2D eigenvalue weighted by molar-refractivity contribution is -0.0553. The zero-order valence-electron chi connectivity index (χ0n) is 10.6. The van der Waals surface area contributed by atoms with Gasteiger partial charge in [0.05, 0.1) is 17.0 Å². The van der Waals surface area contributed by atoms with E-state index in [2.05, 4.69) is 5.32 Å². The molecule has 3 N–H and O–H groups in total. The second kappa shape index (κ2) is 4.72. The first-order chi connectivity index (χ1) is 8.39. The van der Waals surface area contributed by atoms with Crippen molar-refractivity contribution in [2.24, 2.45) is 0 Å². The van der Waals surface area contributed by atoms with Gasteiger partial charge in [-0.2, -0.15) is 0 Å². The number of benzene rings is 1. The summed E-state index contributed by atoms with van der Waals surface area (Å²) < 4.78 is 32.4. The highest BCUT2D eigenvalue weighted by atomic mass is 19.2. The van der Waals surface area contributed by atoms with Gasteiger partial charge >= 0.3 is 0 Å². The van der Waals surface area contributed by atoms with E-state index in [-0.39, 0.29) is 23.0 Å². The molecule has 1 heterocycles. The Morgan fingerprint density at radius 1 is 1.39 bits per heavy atom. The second-order valence-corrected chi connectivity index (χ2v) is 5.27. The Hall–Kier alpha value is -1.36. The quantitative estimate of drug-likeness (QED) is 0.800. The number of hydrogen-bond acceptors (Lipinski definition) is 3. The standard InChI is InChI=1S/C13H18F2N2O/c1-13(2)7-8(5-6-18-13)17-12-10(16)4-3-9(14)11(12)15/h3-4,8,17H,5-7,16H2,1-2H3. The Balaban J connectivity index is 2.17. The van der Waals surface area contributed by atoms with Crippen molar-refractivity contribution in [1.29, 1.82) is 0 Å². The highest BCUT2D eigenvalue weighted by Gasteiger charge is 2.29. The summed E-state index contributed by atoms with van der Waals surface area (Å²) in [5.74, 6) is -1.81. The molecular weight excluding hydrogens is 238 g/mol. The third-order valence-corrected chi connectivity index (χ3v) is 3.17. The lowest BCUT2D eigenvalue weighted by Gasteiger charge is -2.36. The molecular formula is C13H18F2N2O. The van der Waals surface area contributed by atoms with Crippen LogP contribution in [0.2, 0.25) is 0 Å². The van der Waals surface area contributed by atoms with Crippen LogP contribution in [0, 0.1) is 11.6 Å². The number of halogens is 2. The molecule has 1 aromatic carbocycles. The molecule has 100 valence electrons. The summed E-state index contributed by atoms with van der Waals surface area (Å²) in [6.45, 7) is 4.56. The van der Waals surface area contributed by atoms with E-state index < -0.39 is 11.6 Å². The average molecular weight is 256 g/mol. The van der Waals surface area contributed by atoms with E-state index in [4.69, 9.17) is 10.5 Å². The third kappa shape index (κ3) is 2.72. The Bertz CT molecular complexity index is 449. The van der Waals surface area contributed by atoms with Gasteiger partial charge in [0.2, 0.25) is 0 Å². The summed E-state index contributed by atoms with van der Waals surface area (Å²) in [7, 11) is 0. The van der Waals surface area contributed by atoms with Crippen LogP contribution in [0.5, 0.6) is 0 Å². The van der Waals surface area contributed by atoms with Crippen molar-refractivity contribution >= 4 is 11.4 Å². The van der Waals surface area contributed by atoms with Gasteiger partial charge in [-0.05, 0) is 38.8 Å². The lowest BCUT2D eigenvalue weighted by atomic mass is 9.93. The molecule has 0 radical (unpaired) electrons. The molecule has 2 rings (SSSR count). The number of ether oxygens (including phenoxy) is 1. The smallest absolute Gasteiger partial charge is 0.183 e. The fourth-order valence-corrected chi connectivity index (χ4v) is 2.27. The molecule has 1 atom stereocenters. The fraction of sp³-hybridized carbons (Fsp3) is 0.538. The molecule has 0 amide bonds. The largest absolute Gasteiger partial charge is 0.397 e. The molecule has 1 saturated heterocycles. The van der Waals surface area contributed by atoms with Crippen LogP contribution in [0.25, 0.3) is 0 Å². The van der Waals surface area contributed by atoms with Gasteiger partial charge in [0.1, 0.15) is 0 Å². The maximum atomic E-state index is 13.7. The zero-order chi connectivity index (χ0) is 13.3. The Labute approximate surface area is 105 Å². The molecule has 0 aliphatic carbocycles. The molecule has 18 heavy (non-hydrogen) atoms. The van der Waals surface area contributed by atoms with Gasteiger partial charge in [0.15, 0.2) is 11.6 Å². The first-order valence-electron chi connectivity index (χ1n) is 6.03. The molecule has 0 saturated carbocycles. The highest BCUT2D eigenvalue weighted by molar-refractivity contribution is 5.67. The summed E-state index contributed by atoms with van der Waals surface area (Å²) >= 11 is 0. The van der Waals surface area contributed by atoms with Crippen molar-refractivity contribution in [3.8, 4) is 0 Å². The minimum atomic E-state index is -0.917. The SMILES string of the molecule is CC1(C)CC(Nc2c(N)ccc(F)c2F)CCO1. The Kier molecular flexibility index (Phi) is 3.43. The van der Waals surface area contributed by atoms with Gasteiger partial charge in [-0.1, -0.05) is 0 Å². The van der Waals surface area contributed by atoms with E-state index in [1.807, 2.05) is 13.8 Å². The summed E-state index contributed by atoms with van der Waals surface area (Å²) in [6.07, 6.45) is 1.47. The van der Waals surface area contributed by atoms with E-state index >= 15 is 0 Å². The maximum Gasteiger partial charge on any atom is 0.183 e. The number of anilines is 2. The van der Waals surface area contributed by atoms with Crippen LogP contribution in [0.4, 0.5) is 20.2 Å². The van der Waals surface area contributed by atoms with Crippen LogP contribution in [-0.4, -0.2) is 18.2 Å². The molecule has 0 aromatic heterocycles. The predicted octanol–water partition coefficient (Wildman–Crippen LogP) is 2.92. The molecule has 1 fully saturated rings. The molecule has 0 bridgehead atoms. The number of hydrogen-bond donors (Lipinski definition) is 2. The summed E-state index contributed by atoms with van der Waals surface area (Å²) in [6, 6.07) is 2.43. The van der Waals surface area contributed by atoms with Crippen LogP contribution in [0.3, 0.4) is 0 Å². The number of nitrogen functional groups attached to an aromatic ring is 1. The lowest BCUT2D eigenvalue weighted by Crippen LogP contribution is -2.40. The van der Waals surface area contributed by atoms with E-state index in [0.29, 0.717) is 6.61 Å². The van der Waals surface area contributed by atoms with Gasteiger partial charge in [0.25, 0.3) is 0 Å². The number of nitrogens with one attached hydrogen (secondary N) is 1. The molecule has 1 aliphatic heterocycles. The van der Waals surface area contributed by atoms with E-state index in [0.717, 1.165) is 18.9 Å².